The molecule has 0 aliphatic rings. The number of amides is 1. The van der Waals surface area contributed by atoms with E-state index in [-0.39, 0.29) is 11.8 Å². The Labute approximate surface area is 164 Å². The Morgan fingerprint density at radius 1 is 0.714 bits per heavy atom. The van der Waals surface area contributed by atoms with E-state index in [1.165, 1.54) is 0 Å². The molecule has 1 amide bonds. The molecule has 3 heteroatoms. The van der Waals surface area contributed by atoms with E-state index in [1.54, 1.807) is 7.11 Å². The maximum Gasteiger partial charge on any atom is 0.236 e. The van der Waals surface area contributed by atoms with Gasteiger partial charge < -0.3 is 10.1 Å². The zero-order chi connectivity index (χ0) is 19.3. The van der Waals surface area contributed by atoms with E-state index >= 15 is 0 Å². The summed E-state index contributed by atoms with van der Waals surface area (Å²) < 4.78 is 5.46. The number of nitrogens with one attached hydrogen (secondary N) is 1. The summed E-state index contributed by atoms with van der Waals surface area (Å²) >= 11 is 0. The van der Waals surface area contributed by atoms with Crippen molar-refractivity contribution in [1.29, 1.82) is 0 Å². The largest absolute Gasteiger partial charge is 0.496 e. The maximum atomic E-state index is 13.4. The third kappa shape index (κ3) is 3.47. The first-order valence-corrected chi connectivity index (χ1v) is 9.24. The smallest absolute Gasteiger partial charge is 0.236 e. The van der Waals surface area contributed by atoms with Gasteiger partial charge in [0.15, 0.2) is 0 Å². The minimum absolute atomic E-state index is 0.0623. The van der Waals surface area contributed by atoms with Crippen LogP contribution in [0, 0.1) is 0 Å². The fourth-order valence-corrected chi connectivity index (χ4v) is 3.55. The fourth-order valence-electron chi connectivity index (χ4n) is 3.55. The second-order valence-corrected chi connectivity index (χ2v) is 6.60. The molecule has 28 heavy (non-hydrogen) atoms. The zero-order valence-corrected chi connectivity index (χ0v) is 15.6. The third-order valence-corrected chi connectivity index (χ3v) is 4.89. The zero-order valence-electron chi connectivity index (χ0n) is 15.6. The minimum atomic E-state index is -0.386. The number of carbonyl (C=O) groups excluding carboxylic acids is 1. The third-order valence-electron chi connectivity index (χ3n) is 4.89. The molecule has 0 radical (unpaired) electrons. The number of rotatable bonds is 5. The van der Waals surface area contributed by atoms with Gasteiger partial charge >= 0.3 is 0 Å². The lowest BCUT2D eigenvalue weighted by Crippen LogP contribution is -2.22. The van der Waals surface area contributed by atoms with E-state index in [1.807, 2.05) is 97.1 Å². The van der Waals surface area contributed by atoms with Crippen LogP contribution in [0.3, 0.4) is 0 Å². The van der Waals surface area contributed by atoms with Crippen LogP contribution in [0.4, 0.5) is 5.69 Å². The molecule has 3 nitrogen and oxygen atoms in total. The fraction of sp³-hybridized carbons (Fsp3) is 0.0800. The van der Waals surface area contributed by atoms with Crippen molar-refractivity contribution in [2.75, 3.05) is 12.4 Å². The van der Waals surface area contributed by atoms with Crippen LogP contribution >= 0.6 is 0 Å². The van der Waals surface area contributed by atoms with Crippen molar-refractivity contribution in [2.45, 2.75) is 5.92 Å². The molecule has 0 heterocycles. The standard InChI is InChI=1S/C25H21NO2/c1-28-23-17-16-22(20-14-8-9-15-21(20)23)26-25(27)24(18-10-4-2-5-11-18)19-12-6-3-7-13-19/h2-17,24H,1H3,(H,26,27). The highest BCUT2D eigenvalue weighted by atomic mass is 16.5. The van der Waals surface area contributed by atoms with E-state index in [2.05, 4.69) is 5.32 Å². The first-order chi connectivity index (χ1) is 13.8. The van der Waals surface area contributed by atoms with Crippen LogP contribution < -0.4 is 10.1 Å². The van der Waals surface area contributed by atoms with Gasteiger partial charge in [0.1, 0.15) is 5.75 Å². The molecule has 0 saturated carbocycles. The molecule has 0 saturated heterocycles. The Kier molecular flexibility index (Phi) is 5.07. The van der Waals surface area contributed by atoms with Crippen molar-refractivity contribution in [2.24, 2.45) is 0 Å². The number of hydrogen-bond acceptors (Lipinski definition) is 2. The minimum Gasteiger partial charge on any atom is -0.496 e. The van der Waals surface area contributed by atoms with Gasteiger partial charge in [-0.15, -0.1) is 0 Å². The second-order valence-electron chi connectivity index (χ2n) is 6.60. The lowest BCUT2D eigenvalue weighted by atomic mass is 9.90. The van der Waals surface area contributed by atoms with Gasteiger partial charge in [0, 0.05) is 16.5 Å². The summed E-state index contributed by atoms with van der Waals surface area (Å²) in [5.41, 5.74) is 2.70. The van der Waals surface area contributed by atoms with Gasteiger partial charge in [-0.05, 0) is 23.3 Å². The van der Waals surface area contributed by atoms with Gasteiger partial charge in [0.05, 0.1) is 13.0 Å². The Balaban J connectivity index is 1.74. The van der Waals surface area contributed by atoms with E-state index in [4.69, 9.17) is 4.74 Å². The first kappa shape index (κ1) is 17.8. The molecule has 0 unspecified atom stereocenters. The Morgan fingerprint density at radius 2 is 1.25 bits per heavy atom. The lowest BCUT2D eigenvalue weighted by Gasteiger charge is -2.19. The molecule has 0 aliphatic heterocycles. The molecule has 0 atom stereocenters. The Morgan fingerprint density at radius 3 is 1.82 bits per heavy atom. The lowest BCUT2D eigenvalue weighted by molar-refractivity contribution is -0.116. The van der Waals surface area contributed by atoms with Crippen molar-refractivity contribution >= 4 is 22.4 Å². The first-order valence-electron chi connectivity index (χ1n) is 9.24. The highest BCUT2D eigenvalue weighted by Gasteiger charge is 2.23. The molecule has 0 fully saturated rings. The Bertz CT molecular complexity index is 1050. The van der Waals surface area contributed by atoms with Crippen LogP contribution in [-0.2, 0) is 4.79 Å². The van der Waals surface area contributed by atoms with Crippen molar-refractivity contribution in [3.63, 3.8) is 0 Å². The molecule has 4 aromatic carbocycles. The number of methoxy groups -OCH3 is 1. The molecular weight excluding hydrogens is 346 g/mol. The van der Waals surface area contributed by atoms with E-state index in [9.17, 15) is 4.79 Å². The van der Waals surface area contributed by atoms with Gasteiger partial charge in [-0.3, -0.25) is 4.79 Å². The molecule has 0 aromatic heterocycles. The van der Waals surface area contributed by atoms with E-state index < -0.39 is 0 Å². The molecular formula is C25H21NO2. The van der Waals surface area contributed by atoms with Gasteiger partial charge in [-0.1, -0.05) is 84.9 Å². The van der Waals surface area contributed by atoms with Crippen molar-refractivity contribution in [3.05, 3.63) is 108 Å². The maximum absolute atomic E-state index is 13.4. The van der Waals surface area contributed by atoms with Crippen molar-refractivity contribution in [3.8, 4) is 5.75 Å². The number of benzene rings is 4. The van der Waals surface area contributed by atoms with Crippen LogP contribution in [0.25, 0.3) is 10.8 Å². The monoisotopic (exact) mass is 367 g/mol. The van der Waals surface area contributed by atoms with Crippen LogP contribution in [0.15, 0.2) is 97.1 Å². The molecule has 138 valence electrons. The number of fused-ring (bicyclic) bond motifs is 1. The van der Waals surface area contributed by atoms with Gasteiger partial charge in [-0.2, -0.15) is 0 Å². The number of carbonyl (C=O) groups is 1. The topological polar surface area (TPSA) is 38.3 Å². The summed E-state index contributed by atoms with van der Waals surface area (Å²) in [6.45, 7) is 0. The van der Waals surface area contributed by atoms with Crippen molar-refractivity contribution in [1.82, 2.24) is 0 Å². The Hall–Kier alpha value is -3.59. The van der Waals surface area contributed by atoms with Crippen LogP contribution in [0.5, 0.6) is 5.75 Å². The van der Waals surface area contributed by atoms with E-state index in [0.29, 0.717) is 0 Å². The molecule has 1 N–H and O–H groups in total. The predicted molar refractivity (Wildman–Crippen MR) is 114 cm³/mol. The van der Waals surface area contributed by atoms with Crippen LogP contribution in [-0.4, -0.2) is 13.0 Å². The summed E-state index contributed by atoms with van der Waals surface area (Å²) in [5, 5.41) is 5.06. The van der Waals surface area contributed by atoms with Gasteiger partial charge in [0.2, 0.25) is 5.91 Å². The highest BCUT2D eigenvalue weighted by Crippen LogP contribution is 2.33. The molecule has 4 rings (SSSR count). The summed E-state index contributed by atoms with van der Waals surface area (Å²) in [7, 11) is 1.65. The molecule has 0 spiro atoms. The summed E-state index contributed by atoms with van der Waals surface area (Å²) in [5.74, 6) is 0.340. The van der Waals surface area contributed by atoms with Gasteiger partial charge in [-0.25, -0.2) is 0 Å². The van der Waals surface area contributed by atoms with Crippen LogP contribution in [0.1, 0.15) is 17.0 Å². The number of ether oxygens (including phenoxy) is 1. The highest BCUT2D eigenvalue weighted by molar-refractivity contribution is 6.06. The molecule has 4 aromatic rings. The van der Waals surface area contributed by atoms with Gasteiger partial charge in [0.25, 0.3) is 0 Å². The summed E-state index contributed by atoms with van der Waals surface area (Å²) in [6.07, 6.45) is 0. The number of anilines is 1. The predicted octanol–water partition coefficient (Wildman–Crippen LogP) is 5.62. The number of hydrogen-bond donors (Lipinski definition) is 1. The summed E-state index contributed by atoms with van der Waals surface area (Å²) in [4.78, 5) is 13.4. The average Bonchev–Trinajstić information content (AvgIpc) is 2.76. The molecule has 0 aliphatic carbocycles. The average molecular weight is 367 g/mol. The molecule has 0 bridgehead atoms. The van der Waals surface area contributed by atoms with Crippen molar-refractivity contribution < 1.29 is 9.53 Å². The normalized spacial score (nSPS) is 10.8. The van der Waals surface area contributed by atoms with Crippen LogP contribution in [0.2, 0.25) is 0 Å². The quantitative estimate of drug-likeness (QED) is 0.497. The second kappa shape index (κ2) is 7.97. The van der Waals surface area contributed by atoms with E-state index in [0.717, 1.165) is 33.3 Å². The summed E-state index contributed by atoms with van der Waals surface area (Å²) in [6, 6.07) is 31.4. The SMILES string of the molecule is COc1ccc(NC(=O)C(c2ccccc2)c2ccccc2)c2ccccc12.